The van der Waals surface area contributed by atoms with Crippen molar-refractivity contribution in [3.63, 3.8) is 0 Å². The number of benzene rings is 1. The molecule has 3 aliphatic rings. The Morgan fingerprint density at radius 2 is 1.95 bits per heavy atom. The summed E-state index contributed by atoms with van der Waals surface area (Å²) in [7, 11) is 0. The molecule has 10 nitrogen and oxygen atoms in total. The van der Waals surface area contributed by atoms with E-state index in [9.17, 15) is 14.5 Å². The zero-order valence-corrected chi connectivity index (χ0v) is 22.4. The third-order valence-corrected chi connectivity index (χ3v) is 7.03. The summed E-state index contributed by atoms with van der Waals surface area (Å²) in [4.78, 5) is 42.6. The number of esters is 1. The second-order valence-corrected chi connectivity index (χ2v) is 10.2. The van der Waals surface area contributed by atoms with E-state index in [1.54, 1.807) is 4.90 Å². The number of nitrogens with two attached hydrogens (primary N) is 1. The molecule has 10 heteroatoms. The predicted octanol–water partition coefficient (Wildman–Crippen LogP) is 4.71. The quantitative estimate of drug-likeness (QED) is 0.104. The van der Waals surface area contributed by atoms with Crippen molar-refractivity contribution in [1.82, 2.24) is 4.90 Å². The lowest BCUT2D eigenvalue weighted by molar-refractivity contribution is -0.143. The first-order valence-corrected chi connectivity index (χ1v) is 13.6. The number of rotatable bonds is 12. The first-order valence-electron chi connectivity index (χ1n) is 13.6. The van der Waals surface area contributed by atoms with Crippen molar-refractivity contribution in [3.8, 4) is 0 Å². The Morgan fingerprint density at radius 3 is 2.64 bits per heavy atom. The van der Waals surface area contributed by atoms with Crippen molar-refractivity contribution in [3.05, 3.63) is 69.7 Å². The first kappa shape index (κ1) is 28.1. The number of nitrogens with zero attached hydrogens (tertiary/aromatic N) is 5. The fraction of sp³-hybridized carbons (Fsp3) is 0.483. The topological polar surface area (TPSA) is 139 Å². The van der Waals surface area contributed by atoms with Crippen LogP contribution in [-0.2, 0) is 20.7 Å². The maximum atomic E-state index is 13.4. The van der Waals surface area contributed by atoms with E-state index in [2.05, 4.69) is 15.5 Å². The molecule has 2 N–H and O–H groups in total. The van der Waals surface area contributed by atoms with E-state index in [1.165, 1.54) is 0 Å². The van der Waals surface area contributed by atoms with Crippen molar-refractivity contribution in [2.75, 3.05) is 26.2 Å². The minimum Gasteiger partial charge on any atom is -0.465 e. The van der Waals surface area contributed by atoms with Crippen LogP contribution in [0.3, 0.4) is 0 Å². The van der Waals surface area contributed by atoms with Crippen LogP contribution in [0.1, 0.15) is 56.6 Å². The molecule has 2 aliphatic carbocycles. The molecule has 1 atom stereocenters. The van der Waals surface area contributed by atoms with Gasteiger partial charge < -0.3 is 15.5 Å². The number of amidine groups is 1. The summed E-state index contributed by atoms with van der Waals surface area (Å²) in [6.45, 7) is 3.76. The van der Waals surface area contributed by atoms with Gasteiger partial charge in [-0.05, 0) is 66.4 Å². The largest absolute Gasteiger partial charge is 0.465 e. The standard InChI is InChI=1S/C29H36N6O4/c1-2-13-35(14-3-12-31-38)29(37)25-16-24-11-10-23(17-26(24)32-27(18-25)33-34-30)22-8-6-20(7-9-22)15-28(36)39-19-21-4-5-21/h6-11,16,21,26H,2-5,12-15,17-19H2,1H3,(H2,30,32,33). The maximum absolute atomic E-state index is 13.4. The molecule has 0 spiro atoms. The molecule has 1 heterocycles. The van der Waals surface area contributed by atoms with Crippen molar-refractivity contribution < 1.29 is 14.3 Å². The number of carbonyl (C=O) groups excluding carboxylic acids is 2. The second kappa shape index (κ2) is 13.7. The maximum Gasteiger partial charge on any atom is 0.310 e. The fourth-order valence-corrected chi connectivity index (χ4v) is 4.76. The number of allylic oxidation sites excluding steroid dienone is 2. The number of nitroso groups, excluding NO2 is 1. The van der Waals surface area contributed by atoms with Crippen LogP contribution in [-0.4, -0.2) is 54.9 Å². The van der Waals surface area contributed by atoms with Crippen LogP contribution in [0.15, 0.2) is 74.1 Å². The van der Waals surface area contributed by atoms with Gasteiger partial charge in [0.05, 0.1) is 25.6 Å². The molecule has 1 amide bonds. The number of hydrogen-bond donors (Lipinski definition) is 1. The molecule has 1 fully saturated rings. The van der Waals surface area contributed by atoms with Gasteiger partial charge in [-0.1, -0.05) is 53.7 Å². The Hall–Kier alpha value is -3.95. The highest BCUT2D eigenvalue weighted by molar-refractivity contribution is 6.01. The van der Waals surface area contributed by atoms with Crippen LogP contribution in [0, 0.1) is 10.8 Å². The van der Waals surface area contributed by atoms with Gasteiger partial charge >= 0.3 is 5.97 Å². The molecule has 0 bridgehead atoms. The Bertz CT molecular complexity index is 1210. The van der Waals surface area contributed by atoms with E-state index in [1.807, 2.05) is 49.4 Å². The lowest BCUT2D eigenvalue weighted by atomic mass is 9.88. The van der Waals surface area contributed by atoms with Gasteiger partial charge in [-0.25, -0.2) is 0 Å². The van der Waals surface area contributed by atoms with E-state index in [-0.39, 0.29) is 37.3 Å². The van der Waals surface area contributed by atoms with E-state index in [0.717, 1.165) is 41.5 Å². The molecule has 0 saturated heterocycles. The van der Waals surface area contributed by atoms with Gasteiger partial charge in [-0.3, -0.25) is 14.6 Å². The van der Waals surface area contributed by atoms with Crippen molar-refractivity contribution in [1.29, 1.82) is 0 Å². The van der Waals surface area contributed by atoms with Gasteiger partial charge in [-0.15, -0.1) is 5.11 Å². The minimum absolute atomic E-state index is 0.106. The van der Waals surface area contributed by atoms with Crippen molar-refractivity contribution >= 4 is 23.3 Å². The molecule has 1 aliphatic heterocycles. The smallest absolute Gasteiger partial charge is 0.310 e. The highest BCUT2D eigenvalue weighted by Gasteiger charge is 2.27. The Kier molecular flexibility index (Phi) is 9.88. The SMILES string of the molecule is CCCN(CCCN=O)C(=O)C1=CC2=CC=C(c3ccc(CC(=O)OCC4CC4)cc3)CC2N=C(N=NN)C1. The van der Waals surface area contributed by atoms with Crippen molar-refractivity contribution in [2.45, 2.75) is 57.9 Å². The highest BCUT2D eigenvalue weighted by atomic mass is 16.5. The number of hydrogen-bond acceptors (Lipinski definition) is 8. The van der Waals surface area contributed by atoms with Gasteiger partial charge in [0.2, 0.25) is 5.91 Å². The van der Waals surface area contributed by atoms with Gasteiger partial charge in [0.25, 0.3) is 0 Å². The zero-order valence-electron chi connectivity index (χ0n) is 22.4. The summed E-state index contributed by atoms with van der Waals surface area (Å²) in [5.41, 5.74) is 4.54. The Labute approximate surface area is 228 Å². The second-order valence-electron chi connectivity index (χ2n) is 10.2. The van der Waals surface area contributed by atoms with E-state index in [0.29, 0.717) is 49.9 Å². The van der Waals surface area contributed by atoms with Crippen LogP contribution in [0.25, 0.3) is 5.57 Å². The Morgan fingerprint density at radius 1 is 1.15 bits per heavy atom. The fourth-order valence-electron chi connectivity index (χ4n) is 4.76. The molecule has 1 aromatic rings. The van der Waals surface area contributed by atoms with Gasteiger partial charge in [0.15, 0.2) is 5.84 Å². The van der Waals surface area contributed by atoms with Crippen LogP contribution >= 0.6 is 0 Å². The molecule has 1 aromatic carbocycles. The number of ether oxygens (including phenoxy) is 1. The van der Waals surface area contributed by atoms with E-state index >= 15 is 0 Å². The number of fused-ring (bicyclic) bond motifs is 1. The van der Waals surface area contributed by atoms with E-state index < -0.39 is 0 Å². The normalized spacial score (nSPS) is 18.7. The molecule has 4 rings (SSSR count). The lowest BCUT2D eigenvalue weighted by Crippen LogP contribution is -2.34. The van der Waals surface area contributed by atoms with E-state index in [4.69, 9.17) is 15.6 Å². The number of carbonyl (C=O) groups is 2. The summed E-state index contributed by atoms with van der Waals surface area (Å²) < 4.78 is 5.35. The number of amides is 1. The van der Waals surface area contributed by atoms with Crippen LogP contribution in [0.4, 0.5) is 0 Å². The number of aliphatic imine (C=N–C) groups is 1. The summed E-state index contributed by atoms with van der Waals surface area (Å²) in [5, 5.41) is 10.4. The average Bonchev–Trinajstić information content (AvgIpc) is 3.78. The summed E-state index contributed by atoms with van der Waals surface area (Å²) in [6.07, 6.45) is 10.7. The van der Waals surface area contributed by atoms with Crippen molar-refractivity contribution in [2.24, 2.45) is 32.3 Å². The van der Waals surface area contributed by atoms with Crippen LogP contribution in [0.5, 0.6) is 0 Å². The summed E-state index contributed by atoms with van der Waals surface area (Å²) in [5.74, 6) is 6.01. The van der Waals surface area contributed by atoms with Crippen LogP contribution < -0.4 is 5.84 Å². The third kappa shape index (κ3) is 8.02. The monoisotopic (exact) mass is 532 g/mol. The third-order valence-electron chi connectivity index (χ3n) is 7.03. The molecule has 1 unspecified atom stereocenters. The average molecular weight is 533 g/mol. The van der Waals surface area contributed by atoms with Gasteiger partial charge in [-0.2, -0.15) is 4.91 Å². The predicted molar refractivity (Wildman–Crippen MR) is 150 cm³/mol. The molecule has 0 aromatic heterocycles. The summed E-state index contributed by atoms with van der Waals surface area (Å²) >= 11 is 0. The van der Waals surface area contributed by atoms with Gasteiger partial charge in [0, 0.05) is 25.1 Å². The molecular formula is C29H36N6O4. The molecule has 39 heavy (non-hydrogen) atoms. The Balaban J connectivity index is 1.50. The molecular weight excluding hydrogens is 496 g/mol. The summed E-state index contributed by atoms with van der Waals surface area (Å²) in [6, 6.07) is 7.70. The highest BCUT2D eigenvalue weighted by Crippen LogP contribution is 2.33. The van der Waals surface area contributed by atoms with Gasteiger partial charge in [0.1, 0.15) is 0 Å². The minimum atomic E-state index is -0.230. The first-order chi connectivity index (χ1) is 19.0. The molecule has 0 radical (unpaired) electrons. The zero-order chi connectivity index (χ0) is 27.6. The molecule has 1 saturated carbocycles. The molecule has 206 valence electrons. The lowest BCUT2D eigenvalue weighted by Gasteiger charge is -2.23. The van der Waals surface area contributed by atoms with Crippen LogP contribution in [0.2, 0.25) is 0 Å².